The zero-order chi connectivity index (χ0) is 26.6. The van der Waals surface area contributed by atoms with Gasteiger partial charge in [-0.25, -0.2) is 4.98 Å². The van der Waals surface area contributed by atoms with Crippen LogP contribution in [0.4, 0.5) is 17.1 Å². The molecule has 0 N–H and O–H groups in total. The first kappa shape index (κ1) is 27.4. The second-order valence-corrected chi connectivity index (χ2v) is 9.45. The summed E-state index contributed by atoms with van der Waals surface area (Å²) in [4.78, 5) is 8.67. The minimum absolute atomic E-state index is 0. The third kappa shape index (κ3) is 5.43. The van der Waals surface area contributed by atoms with Gasteiger partial charge in [-0.05, 0) is 30.3 Å². The Balaban J connectivity index is 0.000000195. The predicted molar refractivity (Wildman–Crippen MR) is 156 cm³/mol. The Bertz CT molecular complexity index is 1840. The van der Waals surface area contributed by atoms with Gasteiger partial charge in [-0.2, -0.15) is 12.1 Å². The van der Waals surface area contributed by atoms with Crippen LogP contribution in [-0.2, 0) is 20.1 Å². The summed E-state index contributed by atoms with van der Waals surface area (Å²) in [5.74, 6) is 0. The first-order valence-electron chi connectivity index (χ1n) is 13.2. The molecule has 7 rings (SSSR count). The van der Waals surface area contributed by atoms with E-state index in [1.807, 2.05) is 67.7 Å². The molecule has 6 aromatic rings. The summed E-state index contributed by atoms with van der Waals surface area (Å²) >= 11 is 0. The Morgan fingerprint density at radius 2 is 1.70 bits per heavy atom. The summed E-state index contributed by atoms with van der Waals surface area (Å²) in [6, 6.07) is 38.2. The molecule has 0 bridgehead atoms. The fraction of sp³-hybridized carbons (Fsp3) is 0.147. The van der Waals surface area contributed by atoms with Crippen LogP contribution < -0.4 is 4.58 Å². The molecule has 5 nitrogen and oxygen atoms in total. The molecule has 0 amide bonds. The van der Waals surface area contributed by atoms with E-state index in [1.54, 1.807) is 6.20 Å². The van der Waals surface area contributed by atoms with E-state index in [0.717, 1.165) is 58.4 Å². The van der Waals surface area contributed by atoms with Crippen molar-refractivity contribution in [1.29, 1.82) is 0 Å². The Morgan fingerprint density at radius 3 is 2.48 bits per heavy atom. The topological polar surface area (TPSA) is 44.9 Å². The maximum atomic E-state index is 6.08. The molecule has 3 aromatic carbocycles. The van der Waals surface area contributed by atoms with Crippen molar-refractivity contribution >= 4 is 45.1 Å². The fourth-order valence-electron chi connectivity index (χ4n) is 4.67. The normalized spacial score (nSPS) is 11.8. The molecule has 0 atom stereocenters. The van der Waals surface area contributed by atoms with Crippen LogP contribution in [0.5, 0.6) is 0 Å². The number of aryl methyl sites for hydroxylation is 1. The van der Waals surface area contributed by atoms with Crippen molar-refractivity contribution in [3.8, 4) is 11.3 Å². The zero-order valence-corrected chi connectivity index (χ0v) is 24.8. The molecular weight excluding hydrogens is 673 g/mol. The van der Waals surface area contributed by atoms with E-state index in [9.17, 15) is 0 Å². The van der Waals surface area contributed by atoms with Gasteiger partial charge in [0.15, 0.2) is 12.2 Å². The van der Waals surface area contributed by atoms with Gasteiger partial charge in [0.1, 0.15) is 0 Å². The first-order chi connectivity index (χ1) is 19.2. The number of furan rings is 1. The summed E-state index contributed by atoms with van der Waals surface area (Å²) in [5, 5.41) is 2.07. The summed E-state index contributed by atoms with van der Waals surface area (Å²) in [6.07, 6.45) is 5.90. The van der Waals surface area contributed by atoms with Gasteiger partial charge in [-0.3, -0.25) is 0 Å². The molecule has 3 aromatic heterocycles. The third-order valence-electron chi connectivity index (χ3n) is 6.68. The largest absolute Gasteiger partial charge is 0.495 e. The fourth-order valence-corrected chi connectivity index (χ4v) is 4.67. The third-order valence-corrected chi connectivity index (χ3v) is 6.68. The van der Waals surface area contributed by atoms with Gasteiger partial charge in [-0.15, -0.1) is 42.0 Å². The molecule has 1 aliphatic heterocycles. The van der Waals surface area contributed by atoms with Crippen LogP contribution in [0.15, 0.2) is 102 Å². The van der Waals surface area contributed by atoms with Crippen LogP contribution in [0.1, 0.15) is 25.3 Å². The molecule has 6 heteroatoms. The SMILES string of the molecule is CCCC[N+]1=C=[N+](c2[c-]ccc3c2oc2ncccc23)c2ccccc21.Cc1ccc(-c2[c-]cccc2)nc1.[Ir]. The maximum absolute atomic E-state index is 6.08. The first-order valence-corrected chi connectivity index (χ1v) is 13.2. The summed E-state index contributed by atoms with van der Waals surface area (Å²) < 4.78 is 10.3. The van der Waals surface area contributed by atoms with E-state index >= 15 is 0 Å². The Labute approximate surface area is 247 Å². The van der Waals surface area contributed by atoms with Crippen LogP contribution in [-0.4, -0.2) is 27.1 Å². The summed E-state index contributed by atoms with van der Waals surface area (Å²) in [6.45, 7) is 5.18. The molecule has 0 aliphatic carbocycles. The molecule has 1 aliphatic rings. The van der Waals surface area contributed by atoms with Crippen LogP contribution in [0.2, 0.25) is 0 Å². The zero-order valence-electron chi connectivity index (χ0n) is 22.4. The van der Waals surface area contributed by atoms with Crippen LogP contribution >= 0.6 is 0 Å². The standard InChI is InChI=1S/C22H18N3O.C12H10N.Ir/c1-2-3-14-24-15-25(19-11-5-4-10-18(19)24)20-12-6-8-16-17-9-7-13-23-22(17)26-21(16)20;1-10-7-8-12(13-9-10)11-5-3-2-4-6-11;/h4-11,13H,2-3,14H2,1H3;2-5,7-9H,1H3;/q+1;-1;. The van der Waals surface area contributed by atoms with E-state index in [2.05, 4.69) is 74.5 Å². The molecule has 0 spiro atoms. The van der Waals surface area contributed by atoms with Crippen LogP contribution in [0.25, 0.3) is 33.3 Å². The Morgan fingerprint density at radius 1 is 0.850 bits per heavy atom. The quantitative estimate of drug-likeness (QED) is 0.135. The van der Waals surface area contributed by atoms with Crippen molar-refractivity contribution in [2.75, 3.05) is 6.54 Å². The molecule has 0 fully saturated rings. The van der Waals surface area contributed by atoms with E-state index in [4.69, 9.17) is 4.42 Å². The smallest absolute Gasteiger partial charge is 0.494 e. The minimum atomic E-state index is 0. The minimum Gasteiger partial charge on any atom is -0.495 e. The molecule has 0 saturated carbocycles. The van der Waals surface area contributed by atoms with Crippen molar-refractivity contribution < 1.29 is 29.1 Å². The van der Waals surface area contributed by atoms with Gasteiger partial charge in [0.2, 0.25) is 5.71 Å². The number of pyridine rings is 2. The van der Waals surface area contributed by atoms with Gasteiger partial charge < -0.3 is 9.40 Å². The van der Waals surface area contributed by atoms with Gasteiger partial charge in [0, 0.05) is 56.4 Å². The Hall–Kier alpha value is -4.21. The van der Waals surface area contributed by atoms with E-state index < -0.39 is 0 Å². The van der Waals surface area contributed by atoms with Crippen LogP contribution in [0, 0.1) is 19.1 Å². The monoisotopic (exact) mass is 701 g/mol. The second kappa shape index (κ2) is 12.3. The number of aromatic nitrogens is 2. The van der Waals surface area contributed by atoms with Crippen molar-refractivity contribution in [3.05, 3.63) is 115 Å². The summed E-state index contributed by atoms with van der Waals surface area (Å²) in [5.41, 5.74) is 7.78. The van der Waals surface area contributed by atoms with Gasteiger partial charge >= 0.3 is 6.01 Å². The van der Waals surface area contributed by atoms with E-state index in [-0.39, 0.29) is 20.1 Å². The molecule has 4 heterocycles. The number of hydrogen-bond acceptors (Lipinski definition) is 3. The number of para-hydroxylation sites is 2. The average molecular weight is 701 g/mol. The molecule has 40 heavy (non-hydrogen) atoms. The number of benzene rings is 3. The molecule has 199 valence electrons. The van der Waals surface area contributed by atoms with Gasteiger partial charge in [0.05, 0.1) is 5.58 Å². The summed E-state index contributed by atoms with van der Waals surface area (Å²) in [7, 11) is 0. The number of nitrogens with zero attached hydrogens (tertiary/aromatic N) is 4. The predicted octanol–water partition coefficient (Wildman–Crippen LogP) is 8.10. The number of hydrogen-bond donors (Lipinski definition) is 0. The molecule has 0 unspecified atom stereocenters. The van der Waals surface area contributed by atoms with Crippen molar-refractivity contribution in [2.24, 2.45) is 0 Å². The molecular formula is C34H28IrN4O. The molecule has 1 radical (unpaired) electrons. The number of unbranched alkanes of at least 4 members (excludes halogenated alkanes) is 1. The van der Waals surface area contributed by atoms with Gasteiger partial charge in [-0.1, -0.05) is 52.1 Å². The van der Waals surface area contributed by atoms with Crippen molar-refractivity contribution in [3.63, 3.8) is 0 Å². The van der Waals surface area contributed by atoms with Crippen molar-refractivity contribution in [1.82, 2.24) is 14.5 Å². The van der Waals surface area contributed by atoms with Gasteiger partial charge in [0.25, 0.3) is 11.4 Å². The van der Waals surface area contributed by atoms with Crippen molar-refractivity contribution in [2.45, 2.75) is 26.7 Å². The van der Waals surface area contributed by atoms with E-state index in [0.29, 0.717) is 5.71 Å². The van der Waals surface area contributed by atoms with Crippen LogP contribution in [0.3, 0.4) is 0 Å². The molecule has 0 saturated heterocycles. The maximum Gasteiger partial charge on any atom is 0.494 e. The Kier molecular flexibility index (Phi) is 8.42. The number of rotatable bonds is 5. The number of fused-ring (bicyclic) bond motifs is 4. The average Bonchev–Trinajstić information content (AvgIpc) is 3.56. The second-order valence-electron chi connectivity index (χ2n) is 9.45. The van der Waals surface area contributed by atoms with E-state index in [1.165, 1.54) is 11.3 Å².